The largest absolute Gasteiger partial charge is 0.342 e. The van der Waals surface area contributed by atoms with Gasteiger partial charge < -0.3 is 9.80 Å². The highest BCUT2D eigenvalue weighted by atomic mass is 19.1. The van der Waals surface area contributed by atoms with Gasteiger partial charge in [0.1, 0.15) is 5.82 Å². The molecule has 2 aliphatic heterocycles. The third-order valence-corrected chi connectivity index (χ3v) is 6.34. The van der Waals surface area contributed by atoms with Crippen LogP contribution in [0.2, 0.25) is 0 Å². The standard InChI is InChI=1S/C24H23FN4O3/c25-20-8-7-15(12-21-17-5-1-2-6-18(17)22(30)27-26-21)11-19(20)24(32)29-13-16(14-29)23(31)28-9-3-4-10-28/h1-2,5-8,11,16H,3-4,9-10,12-14H2,(H,27,30). The van der Waals surface area contributed by atoms with Crippen LogP contribution in [0.1, 0.15) is 34.5 Å². The molecule has 3 heterocycles. The summed E-state index contributed by atoms with van der Waals surface area (Å²) in [5.74, 6) is -1.10. The monoisotopic (exact) mass is 434 g/mol. The number of carbonyl (C=O) groups excluding carboxylic acids is 2. The number of rotatable bonds is 4. The second-order valence-electron chi connectivity index (χ2n) is 8.48. The van der Waals surface area contributed by atoms with Crippen molar-refractivity contribution in [3.63, 3.8) is 0 Å². The highest BCUT2D eigenvalue weighted by Gasteiger charge is 2.39. The molecule has 3 aromatic rings. The van der Waals surface area contributed by atoms with Crippen molar-refractivity contribution in [1.29, 1.82) is 0 Å². The number of H-pyrrole nitrogens is 1. The minimum atomic E-state index is -0.590. The lowest BCUT2D eigenvalue weighted by Crippen LogP contribution is -2.56. The van der Waals surface area contributed by atoms with Gasteiger partial charge >= 0.3 is 0 Å². The fraction of sp³-hybridized carbons (Fsp3) is 0.333. The van der Waals surface area contributed by atoms with Crippen LogP contribution < -0.4 is 5.56 Å². The molecule has 0 bridgehead atoms. The molecule has 8 heteroatoms. The van der Waals surface area contributed by atoms with E-state index >= 15 is 0 Å². The molecule has 2 aromatic carbocycles. The predicted molar refractivity (Wildman–Crippen MR) is 117 cm³/mol. The summed E-state index contributed by atoms with van der Waals surface area (Å²) < 4.78 is 14.5. The summed E-state index contributed by atoms with van der Waals surface area (Å²) in [5.41, 5.74) is 1.08. The van der Waals surface area contributed by atoms with E-state index in [2.05, 4.69) is 10.2 Å². The maximum absolute atomic E-state index is 14.5. The Morgan fingerprint density at radius 2 is 1.75 bits per heavy atom. The van der Waals surface area contributed by atoms with Gasteiger partial charge in [-0.05, 0) is 36.6 Å². The van der Waals surface area contributed by atoms with Crippen molar-refractivity contribution in [2.75, 3.05) is 26.2 Å². The number of benzene rings is 2. The maximum atomic E-state index is 14.5. The number of nitrogens with one attached hydrogen (secondary N) is 1. The van der Waals surface area contributed by atoms with Crippen LogP contribution >= 0.6 is 0 Å². The third-order valence-electron chi connectivity index (χ3n) is 6.34. The van der Waals surface area contributed by atoms with Crippen LogP contribution in [0.3, 0.4) is 0 Å². The van der Waals surface area contributed by atoms with Crippen molar-refractivity contribution in [2.24, 2.45) is 5.92 Å². The van der Waals surface area contributed by atoms with E-state index < -0.39 is 11.7 Å². The number of hydrogen-bond acceptors (Lipinski definition) is 4. The summed E-state index contributed by atoms with van der Waals surface area (Å²) in [6.45, 7) is 2.22. The molecule has 2 amide bonds. The summed E-state index contributed by atoms with van der Waals surface area (Å²) in [4.78, 5) is 40.7. The number of hydrogen-bond donors (Lipinski definition) is 1. The molecule has 0 unspecified atom stereocenters. The summed E-state index contributed by atoms with van der Waals surface area (Å²) in [6.07, 6.45) is 2.39. The lowest BCUT2D eigenvalue weighted by Gasteiger charge is -2.40. The van der Waals surface area contributed by atoms with Gasteiger partial charge in [0, 0.05) is 38.0 Å². The Kier molecular flexibility index (Phi) is 5.20. The fourth-order valence-corrected chi connectivity index (χ4v) is 4.51. The maximum Gasteiger partial charge on any atom is 0.272 e. The number of fused-ring (bicyclic) bond motifs is 1. The molecular weight excluding hydrogens is 411 g/mol. The summed E-state index contributed by atoms with van der Waals surface area (Å²) in [6, 6.07) is 11.6. The average molecular weight is 434 g/mol. The number of carbonyl (C=O) groups is 2. The second kappa shape index (κ2) is 8.18. The van der Waals surface area contributed by atoms with Gasteiger partial charge in [-0.1, -0.05) is 24.3 Å². The van der Waals surface area contributed by atoms with Gasteiger partial charge in [0.15, 0.2) is 0 Å². The van der Waals surface area contributed by atoms with Crippen LogP contribution in [0, 0.1) is 11.7 Å². The summed E-state index contributed by atoms with van der Waals surface area (Å²) in [5, 5.41) is 7.91. The zero-order valence-electron chi connectivity index (χ0n) is 17.5. The molecule has 0 saturated carbocycles. The molecule has 2 fully saturated rings. The predicted octanol–water partition coefficient (Wildman–Crippen LogP) is 2.35. The Balaban J connectivity index is 1.33. The van der Waals surface area contributed by atoms with Gasteiger partial charge in [0.25, 0.3) is 11.5 Å². The topological polar surface area (TPSA) is 86.4 Å². The highest BCUT2D eigenvalue weighted by molar-refractivity contribution is 5.96. The van der Waals surface area contributed by atoms with E-state index in [4.69, 9.17) is 0 Å². The van der Waals surface area contributed by atoms with Crippen LogP contribution in [0.4, 0.5) is 4.39 Å². The van der Waals surface area contributed by atoms with Crippen molar-refractivity contribution < 1.29 is 14.0 Å². The van der Waals surface area contributed by atoms with Gasteiger partial charge in [-0.15, -0.1) is 0 Å². The van der Waals surface area contributed by atoms with Crippen LogP contribution in [0.15, 0.2) is 47.3 Å². The Bertz CT molecular complexity index is 1260. The SMILES string of the molecule is O=C(c1cc(Cc2n[nH]c(=O)c3ccccc23)ccc1F)N1CC(C(=O)N2CCCC2)C1. The molecule has 0 radical (unpaired) electrons. The zero-order chi connectivity index (χ0) is 22.2. The minimum Gasteiger partial charge on any atom is -0.342 e. The Hall–Kier alpha value is -3.55. The van der Waals surface area contributed by atoms with Crippen molar-refractivity contribution in [3.8, 4) is 0 Å². The highest BCUT2D eigenvalue weighted by Crippen LogP contribution is 2.25. The van der Waals surface area contributed by atoms with Gasteiger partial charge in [0.2, 0.25) is 5.91 Å². The quantitative estimate of drug-likeness (QED) is 0.683. The van der Waals surface area contributed by atoms with E-state index in [9.17, 15) is 18.8 Å². The van der Waals surface area contributed by atoms with Crippen LogP contribution in [0.5, 0.6) is 0 Å². The minimum absolute atomic E-state index is 0.0108. The van der Waals surface area contributed by atoms with Gasteiger partial charge in [-0.25, -0.2) is 9.49 Å². The number of likely N-dealkylation sites (tertiary alicyclic amines) is 2. The third kappa shape index (κ3) is 3.66. The Morgan fingerprint density at radius 1 is 1.03 bits per heavy atom. The van der Waals surface area contributed by atoms with Gasteiger partial charge in [0.05, 0.1) is 22.6 Å². The lowest BCUT2D eigenvalue weighted by molar-refractivity contribution is -0.138. The summed E-state index contributed by atoms with van der Waals surface area (Å²) >= 11 is 0. The molecule has 1 aromatic heterocycles. The lowest BCUT2D eigenvalue weighted by atomic mass is 9.96. The molecule has 7 nitrogen and oxygen atoms in total. The van der Waals surface area contributed by atoms with E-state index in [1.54, 1.807) is 18.2 Å². The smallest absolute Gasteiger partial charge is 0.272 e. The van der Waals surface area contributed by atoms with Crippen molar-refractivity contribution in [1.82, 2.24) is 20.0 Å². The molecule has 32 heavy (non-hydrogen) atoms. The van der Waals surface area contributed by atoms with Crippen LogP contribution in [-0.4, -0.2) is 58.0 Å². The van der Waals surface area contributed by atoms with E-state index in [-0.39, 0.29) is 22.9 Å². The zero-order valence-corrected chi connectivity index (χ0v) is 17.5. The van der Waals surface area contributed by atoms with E-state index in [1.165, 1.54) is 17.0 Å². The number of aromatic nitrogens is 2. The average Bonchev–Trinajstić information content (AvgIpc) is 3.31. The molecule has 0 aliphatic carbocycles. The first-order chi connectivity index (χ1) is 15.5. The van der Waals surface area contributed by atoms with Crippen molar-refractivity contribution in [3.05, 3.63) is 75.5 Å². The Labute approximate surface area is 183 Å². The molecule has 1 N–H and O–H groups in total. The van der Waals surface area contributed by atoms with E-state index in [1.807, 2.05) is 17.0 Å². The first-order valence-corrected chi connectivity index (χ1v) is 10.8. The molecule has 2 aliphatic rings. The number of nitrogens with zero attached hydrogens (tertiary/aromatic N) is 3. The molecule has 2 saturated heterocycles. The van der Waals surface area contributed by atoms with Crippen LogP contribution in [-0.2, 0) is 11.2 Å². The van der Waals surface area contributed by atoms with E-state index in [0.29, 0.717) is 36.2 Å². The normalized spacial score (nSPS) is 16.4. The van der Waals surface area contributed by atoms with E-state index in [0.717, 1.165) is 31.3 Å². The van der Waals surface area contributed by atoms with Crippen molar-refractivity contribution >= 4 is 22.6 Å². The fourth-order valence-electron chi connectivity index (χ4n) is 4.51. The van der Waals surface area contributed by atoms with Crippen LogP contribution in [0.25, 0.3) is 10.8 Å². The number of aromatic amines is 1. The first-order valence-electron chi connectivity index (χ1n) is 10.8. The first kappa shape index (κ1) is 20.4. The molecule has 0 atom stereocenters. The van der Waals surface area contributed by atoms with Gasteiger partial charge in [-0.3, -0.25) is 14.4 Å². The molecule has 164 valence electrons. The van der Waals surface area contributed by atoms with Crippen molar-refractivity contribution in [2.45, 2.75) is 19.3 Å². The van der Waals surface area contributed by atoms with Gasteiger partial charge in [-0.2, -0.15) is 5.10 Å². The number of amides is 2. The second-order valence-corrected chi connectivity index (χ2v) is 8.48. The Morgan fingerprint density at radius 3 is 2.50 bits per heavy atom. The number of halogens is 1. The summed E-state index contributed by atoms with van der Waals surface area (Å²) in [7, 11) is 0. The molecule has 5 rings (SSSR count). The molecular formula is C24H23FN4O3. The molecule has 0 spiro atoms.